The molecule has 3 aliphatic rings. The van der Waals surface area contributed by atoms with E-state index in [2.05, 4.69) is 21.9 Å². The normalized spacial score (nSPS) is 25.4. The van der Waals surface area contributed by atoms with Crippen molar-refractivity contribution in [1.82, 2.24) is 25.2 Å². The molecular weight excluding hydrogens is 606 g/mol. The van der Waals surface area contributed by atoms with Crippen molar-refractivity contribution >= 4 is 39.9 Å². The van der Waals surface area contributed by atoms with Gasteiger partial charge in [0.05, 0.1) is 11.8 Å². The first-order valence-electron chi connectivity index (χ1n) is 15.4. The maximum Gasteiger partial charge on any atom is 0.410 e. The number of nitrogens with zero attached hydrogens (tertiary/aromatic N) is 2. The van der Waals surface area contributed by atoms with E-state index >= 15 is 0 Å². The number of carbonyl (C=O) groups excluding carboxylic acids is 5. The van der Waals surface area contributed by atoms with Gasteiger partial charge in [-0.15, -0.1) is 6.58 Å². The van der Waals surface area contributed by atoms with Crippen molar-refractivity contribution in [2.75, 3.05) is 19.6 Å². The van der Waals surface area contributed by atoms with Crippen molar-refractivity contribution in [1.29, 1.82) is 0 Å². The van der Waals surface area contributed by atoms with Gasteiger partial charge in [-0.3, -0.25) is 19.1 Å². The van der Waals surface area contributed by atoms with E-state index in [1.165, 1.54) is 15.9 Å². The number of rotatable bonds is 11. The topological polar surface area (TPSA) is 181 Å². The maximum absolute atomic E-state index is 14.1. The van der Waals surface area contributed by atoms with Crippen LogP contribution in [-0.2, 0) is 33.9 Å². The van der Waals surface area contributed by atoms with Gasteiger partial charge in [-0.1, -0.05) is 26.8 Å². The van der Waals surface area contributed by atoms with Crippen LogP contribution < -0.4 is 15.4 Å². The van der Waals surface area contributed by atoms with Crippen molar-refractivity contribution in [3.63, 3.8) is 0 Å². The lowest BCUT2D eigenvalue weighted by atomic mass is 9.85. The third kappa shape index (κ3) is 8.67. The summed E-state index contributed by atoms with van der Waals surface area (Å²) >= 11 is 0. The fourth-order valence-corrected chi connectivity index (χ4v) is 6.70. The number of likely N-dealkylation sites (tertiary alicyclic amines) is 1. The molecule has 254 valence electrons. The maximum atomic E-state index is 14.1. The molecule has 3 fully saturated rings. The highest BCUT2D eigenvalue weighted by Crippen LogP contribution is 2.45. The Labute approximate surface area is 266 Å². The first kappa shape index (κ1) is 36.1. The highest BCUT2D eigenvalue weighted by molar-refractivity contribution is 7.91. The minimum absolute atomic E-state index is 0.0787. The standard InChI is InChI=1S/C30H49N5O9S/c1-10-18-16-30(18,25(38)33-45(41,42)20-13-14-20)32-23(36)21-15-19(43-27(40)34(11-2)12-3)17-35(21)24(37)22(28(4,5)6)31-26(39)44-29(7,8)9/h10,18-22H,1,11-17H2,2-9H3,(H,31,39)(H,32,36)(H,33,38). The second kappa shape index (κ2) is 13.2. The van der Waals surface area contributed by atoms with Crippen LogP contribution in [0, 0.1) is 11.3 Å². The number of amides is 5. The largest absolute Gasteiger partial charge is 0.444 e. The van der Waals surface area contributed by atoms with Crippen LogP contribution in [0.15, 0.2) is 12.7 Å². The Kier molecular flexibility index (Phi) is 10.6. The lowest BCUT2D eigenvalue weighted by Crippen LogP contribution is -2.60. The summed E-state index contributed by atoms with van der Waals surface area (Å²) in [4.78, 5) is 69.6. The summed E-state index contributed by atoms with van der Waals surface area (Å²) in [6.45, 7) is 18.2. The van der Waals surface area contributed by atoms with E-state index in [1.54, 1.807) is 55.4 Å². The SMILES string of the molecule is C=CC1CC1(NC(=O)C1CC(OC(=O)N(CC)CC)CN1C(=O)C(NC(=O)OC(C)(C)C)C(C)(C)C)C(=O)NS(=O)(=O)C1CC1. The fraction of sp³-hybridized carbons (Fsp3) is 0.767. The molecule has 1 heterocycles. The summed E-state index contributed by atoms with van der Waals surface area (Å²) in [6.07, 6.45) is 0.126. The molecule has 0 aromatic carbocycles. The number of hydrogen-bond donors (Lipinski definition) is 3. The van der Waals surface area contributed by atoms with Gasteiger partial charge < -0.3 is 29.9 Å². The molecule has 0 radical (unpaired) electrons. The molecule has 3 N–H and O–H groups in total. The Morgan fingerprint density at radius 1 is 1.07 bits per heavy atom. The summed E-state index contributed by atoms with van der Waals surface area (Å²) in [6, 6.07) is -2.34. The Morgan fingerprint density at radius 2 is 1.67 bits per heavy atom. The third-order valence-electron chi connectivity index (χ3n) is 8.16. The summed E-state index contributed by atoms with van der Waals surface area (Å²) < 4.78 is 38.2. The number of ether oxygens (including phenoxy) is 2. The molecule has 0 aromatic heterocycles. The van der Waals surface area contributed by atoms with Crippen LogP contribution in [-0.4, -0.2) is 102 Å². The molecule has 15 heteroatoms. The highest BCUT2D eigenvalue weighted by Gasteiger charge is 2.62. The van der Waals surface area contributed by atoms with Crippen LogP contribution in [0.2, 0.25) is 0 Å². The molecule has 0 bridgehead atoms. The first-order valence-corrected chi connectivity index (χ1v) is 17.0. The monoisotopic (exact) mass is 655 g/mol. The molecule has 1 aliphatic heterocycles. The van der Waals surface area contributed by atoms with Gasteiger partial charge in [0.15, 0.2) is 0 Å². The summed E-state index contributed by atoms with van der Waals surface area (Å²) in [5, 5.41) is 4.69. The minimum Gasteiger partial charge on any atom is -0.444 e. The summed E-state index contributed by atoms with van der Waals surface area (Å²) in [5.74, 6) is -2.74. The Balaban J connectivity index is 1.90. The van der Waals surface area contributed by atoms with Gasteiger partial charge in [0.25, 0.3) is 5.91 Å². The van der Waals surface area contributed by atoms with Crippen LogP contribution in [0.3, 0.4) is 0 Å². The number of carbonyl (C=O) groups is 5. The van der Waals surface area contributed by atoms with Crippen LogP contribution in [0.5, 0.6) is 0 Å². The zero-order chi connectivity index (χ0) is 34.1. The van der Waals surface area contributed by atoms with Gasteiger partial charge in [-0.05, 0) is 59.3 Å². The quantitative estimate of drug-likeness (QED) is 0.281. The second-order valence-corrected chi connectivity index (χ2v) is 16.0. The molecule has 2 aliphatic carbocycles. The molecular formula is C30H49N5O9S. The van der Waals surface area contributed by atoms with E-state index in [-0.39, 0.29) is 19.4 Å². The highest BCUT2D eigenvalue weighted by atomic mass is 32.2. The molecule has 5 unspecified atom stereocenters. The Hall–Kier alpha value is -3.36. The van der Waals surface area contributed by atoms with Gasteiger partial charge >= 0.3 is 12.2 Å². The lowest BCUT2D eigenvalue weighted by molar-refractivity contribution is -0.143. The number of sulfonamides is 1. The Morgan fingerprint density at radius 3 is 2.13 bits per heavy atom. The first-order chi connectivity index (χ1) is 20.7. The lowest BCUT2D eigenvalue weighted by Gasteiger charge is -2.36. The van der Waals surface area contributed by atoms with E-state index in [1.807, 2.05) is 0 Å². The van der Waals surface area contributed by atoms with Crippen molar-refractivity contribution in [3.05, 3.63) is 12.7 Å². The molecule has 14 nitrogen and oxygen atoms in total. The Bertz CT molecular complexity index is 1300. The zero-order valence-corrected chi connectivity index (χ0v) is 28.4. The molecule has 45 heavy (non-hydrogen) atoms. The van der Waals surface area contributed by atoms with Crippen LogP contribution in [0.4, 0.5) is 9.59 Å². The number of hydrogen-bond acceptors (Lipinski definition) is 9. The molecule has 3 rings (SSSR count). The van der Waals surface area contributed by atoms with E-state index in [0.717, 1.165) is 0 Å². The van der Waals surface area contributed by atoms with Gasteiger partial charge in [0.1, 0.15) is 29.3 Å². The molecule has 1 saturated heterocycles. The smallest absolute Gasteiger partial charge is 0.410 e. The van der Waals surface area contributed by atoms with E-state index in [4.69, 9.17) is 9.47 Å². The number of nitrogens with one attached hydrogen (secondary N) is 3. The van der Waals surface area contributed by atoms with Crippen molar-refractivity contribution in [2.45, 2.75) is 116 Å². The fourth-order valence-electron chi connectivity index (χ4n) is 5.33. The van der Waals surface area contributed by atoms with Crippen molar-refractivity contribution in [2.24, 2.45) is 11.3 Å². The second-order valence-electron chi connectivity index (χ2n) is 14.0. The minimum atomic E-state index is -3.89. The van der Waals surface area contributed by atoms with Gasteiger partial charge in [-0.2, -0.15) is 0 Å². The number of alkyl carbamates (subject to hydrolysis) is 1. The molecule has 0 aromatic rings. The zero-order valence-electron chi connectivity index (χ0n) is 27.6. The van der Waals surface area contributed by atoms with Crippen molar-refractivity contribution < 1.29 is 41.9 Å². The molecule has 5 amide bonds. The average Bonchev–Trinajstić information content (AvgIpc) is 3.83. The molecule has 0 spiro atoms. The van der Waals surface area contributed by atoms with Gasteiger partial charge in [-0.25, -0.2) is 18.0 Å². The summed E-state index contributed by atoms with van der Waals surface area (Å²) in [5.41, 5.74) is -3.22. The van der Waals surface area contributed by atoms with Crippen LogP contribution in [0.25, 0.3) is 0 Å². The summed E-state index contributed by atoms with van der Waals surface area (Å²) in [7, 11) is -3.89. The molecule has 5 atom stereocenters. The van der Waals surface area contributed by atoms with Gasteiger partial charge in [0.2, 0.25) is 21.8 Å². The van der Waals surface area contributed by atoms with E-state index < -0.39 is 85.8 Å². The van der Waals surface area contributed by atoms with Crippen LogP contribution >= 0.6 is 0 Å². The molecule has 2 saturated carbocycles. The van der Waals surface area contributed by atoms with Crippen molar-refractivity contribution in [3.8, 4) is 0 Å². The van der Waals surface area contributed by atoms with E-state index in [9.17, 15) is 32.4 Å². The third-order valence-corrected chi connectivity index (χ3v) is 9.98. The van der Waals surface area contributed by atoms with Crippen LogP contribution in [0.1, 0.15) is 81.1 Å². The predicted molar refractivity (Wildman–Crippen MR) is 165 cm³/mol. The predicted octanol–water partition coefficient (Wildman–Crippen LogP) is 2.04. The van der Waals surface area contributed by atoms with Gasteiger partial charge in [0, 0.05) is 25.4 Å². The van der Waals surface area contributed by atoms with E-state index in [0.29, 0.717) is 25.9 Å². The average molecular weight is 656 g/mol.